The minimum atomic E-state index is -0.446. The maximum atomic E-state index is 13.2. The Balaban J connectivity index is 1.59. The number of nitrogens with one attached hydrogen (secondary N) is 1. The molecule has 2 heterocycles. The van der Waals surface area contributed by atoms with Crippen LogP contribution < -0.4 is 10.1 Å². The third-order valence-electron chi connectivity index (χ3n) is 5.94. The molecule has 0 saturated carbocycles. The van der Waals surface area contributed by atoms with E-state index in [1.54, 1.807) is 18.1 Å². The number of amides is 2. The van der Waals surface area contributed by atoms with Crippen LogP contribution in [0, 0.1) is 0 Å². The van der Waals surface area contributed by atoms with Crippen LogP contribution in [-0.2, 0) is 6.54 Å². The Morgan fingerprint density at radius 3 is 2.63 bits per heavy atom. The van der Waals surface area contributed by atoms with E-state index in [0.717, 1.165) is 28.0 Å². The highest BCUT2D eigenvalue weighted by atomic mass is 35.5. The third kappa shape index (κ3) is 4.63. The number of methoxy groups -OCH3 is 1. The van der Waals surface area contributed by atoms with Crippen molar-refractivity contribution in [2.24, 2.45) is 0 Å². The van der Waals surface area contributed by atoms with Gasteiger partial charge in [0.05, 0.1) is 25.3 Å². The Morgan fingerprint density at radius 2 is 1.86 bits per heavy atom. The van der Waals surface area contributed by atoms with Gasteiger partial charge in [-0.25, -0.2) is 4.79 Å². The molecule has 0 spiro atoms. The smallest absolute Gasteiger partial charge is 0.322 e. The fraction of sp³-hybridized carbons (Fsp3) is 0.148. The van der Waals surface area contributed by atoms with E-state index in [4.69, 9.17) is 25.8 Å². The Labute approximate surface area is 208 Å². The maximum absolute atomic E-state index is 13.2. The first-order valence-corrected chi connectivity index (χ1v) is 11.5. The summed E-state index contributed by atoms with van der Waals surface area (Å²) < 4.78 is 11.1. The van der Waals surface area contributed by atoms with E-state index in [-0.39, 0.29) is 6.03 Å². The molecule has 0 bridgehead atoms. The average Bonchev–Trinajstić information content (AvgIpc) is 3.37. The van der Waals surface area contributed by atoms with Crippen LogP contribution in [0.3, 0.4) is 0 Å². The minimum Gasteiger partial charge on any atom is -0.497 e. The first-order valence-electron chi connectivity index (χ1n) is 11.1. The van der Waals surface area contributed by atoms with Crippen LogP contribution in [0.5, 0.6) is 5.75 Å². The number of carbonyl (C=O) groups is 1. The normalized spacial score (nSPS) is 15.8. The monoisotopic (exact) mass is 486 g/mol. The van der Waals surface area contributed by atoms with E-state index in [9.17, 15) is 4.79 Å². The highest BCUT2D eigenvalue weighted by molar-refractivity contribution is 6.30. The molecule has 2 amide bonds. The highest BCUT2D eigenvalue weighted by Gasteiger charge is 2.35. The lowest BCUT2D eigenvalue weighted by Gasteiger charge is -2.35. The van der Waals surface area contributed by atoms with E-state index >= 15 is 0 Å². The zero-order chi connectivity index (χ0) is 24.4. The molecule has 1 atom stereocenters. The average molecular weight is 487 g/mol. The molecule has 1 aromatic heterocycles. The number of benzene rings is 3. The summed E-state index contributed by atoms with van der Waals surface area (Å²) in [4.78, 5) is 19.6. The Hall–Kier alpha value is -4.10. The lowest BCUT2D eigenvalue weighted by Crippen LogP contribution is -2.45. The van der Waals surface area contributed by atoms with E-state index in [0.29, 0.717) is 29.0 Å². The van der Waals surface area contributed by atoms with Gasteiger partial charge in [0.15, 0.2) is 0 Å². The molecule has 4 aromatic rings. The van der Waals surface area contributed by atoms with Crippen molar-refractivity contribution in [3.8, 4) is 17.1 Å². The molecule has 0 radical (unpaired) electrons. The molecule has 8 heteroatoms. The fourth-order valence-electron chi connectivity index (χ4n) is 4.17. The number of urea groups is 1. The SMILES string of the molecule is COc1cccc(-c2noc(C3=C(C)N(Cc4cccc(Cl)c4)C(=O)NC3c3ccccc3)n2)c1. The quantitative estimate of drug-likeness (QED) is 0.356. The second-order valence-electron chi connectivity index (χ2n) is 8.16. The molecule has 3 aromatic carbocycles. The molecule has 1 N–H and O–H groups in total. The maximum Gasteiger partial charge on any atom is 0.322 e. The summed E-state index contributed by atoms with van der Waals surface area (Å²) in [6.45, 7) is 2.24. The van der Waals surface area contributed by atoms with Crippen LogP contribution >= 0.6 is 11.6 Å². The number of hydrogen-bond acceptors (Lipinski definition) is 5. The van der Waals surface area contributed by atoms with E-state index < -0.39 is 6.04 Å². The van der Waals surface area contributed by atoms with E-state index in [1.807, 2.05) is 79.7 Å². The molecule has 0 aliphatic carbocycles. The third-order valence-corrected chi connectivity index (χ3v) is 6.18. The topological polar surface area (TPSA) is 80.5 Å². The Kier molecular flexibility index (Phi) is 6.25. The summed E-state index contributed by atoms with van der Waals surface area (Å²) >= 11 is 6.17. The Bertz CT molecular complexity index is 1400. The van der Waals surface area contributed by atoms with Gasteiger partial charge in [0.1, 0.15) is 5.75 Å². The molecule has 5 rings (SSSR count). The van der Waals surface area contributed by atoms with Crippen LogP contribution in [-0.4, -0.2) is 28.2 Å². The second kappa shape index (κ2) is 9.64. The number of hydrogen-bond donors (Lipinski definition) is 1. The molecular weight excluding hydrogens is 464 g/mol. The minimum absolute atomic E-state index is 0.215. The molecule has 0 saturated heterocycles. The second-order valence-corrected chi connectivity index (χ2v) is 8.60. The highest BCUT2D eigenvalue weighted by Crippen LogP contribution is 2.38. The number of halogens is 1. The first-order chi connectivity index (χ1) is 17.0. The van der Waals surface area contributed by atoms with Gasteiger partial charge in [-0.3, -0.25) is 4.90 Å². The predicted molar refractivity (Wildman–Crippen MR) is 134 cm³/mol. The van der Waals surface area contributed by atoms with Crippen LogP contribution in [0.2, 0.25) is 5.02 Å². The molecular formula is C27H23ClN4O3. The first kappa shape index (κ1) is 22.7. The summed E-state index contributed by atoms with van der Waals surface area (Å²) in [5, 5.41) is 7.94. The van der Waals surface area contributed by atoms with E-state index in [1.165, 1.54) is 0 Å². The van der Waals surface area contributed by atoms with Gasteiger partial charge in [-0.15, -0.1) is 0 Å². The Morgan fingerprint density at radius 1 is 1.06 bits per heavy atom. The van der Waals surface area contributed by atoms with Gasteiger partial charge in [-0.1, -0.05) is 71.4 Å². The van der Waals surface area contributed by atoms with Gasteiger partial charge in [0.25, 0.3) is 5.89 Å². The van der Waals surface area contributed by atoms with Crippen molar-refractivity contribution in [3.63, 3.8) is 0 Å². The number of rotatable bonds is 6. The van der Waals surface area contributed by atoms with Crippen molar-refractivity contribution in [2.75, 3.05) is 7.11 Å². The molecule has 7 nitrogen and oxygen atoms in total. The predicted octanol–water partition coefficient (Wildman–Crippen LogP) is 6.10. The van der Waals surface area contributed by atoms with Crippen molar-refractivity contribution in [3.05, 3.63) is 107 Å². The van der Waals surface area contributed by atoms with Gasteiger partial charge in [-0.2, -0.15) is 4.98 Å². The van der Waals surface area contributed by atoms with Crippen LogP contribution in [0.25, 0.3) is 17.0 Å². The lowest BCUT2D eigenvalue weighted by atomic mass is 9.94. The number of carbonyl (C=O) groups excluding carboxylic acids is 1. The molecule has 0 fully saturated rings. The van der Waals surface area contributed by atoms with E-state index in [2.05, 4.69) is 10.5 Å². The van der Waals surface area contributed by atoms with Crippen molar-refractivity contribution in [2.45, 2.75) is 19.5 Å². The van der Waals surface area contributed by atoms with Crippen molar-refractivity contribution >= 4 is 23.2 Å². The van der Waals surface area contributed by atoms with Gasteiger partial charge < -0.3 is 14.6 Å². The summed E-state index contributed by atoms with van der Waals surface area (Å²) in [5.41, 5.74) is 4.05. The summed E-state index contributed by atoms with van der Waals surface area (Å²) in [6.07, 6.45) is 0. The van der Waals surface area contributed by atoms with Crippen molar-refractivity contribution < 1.29 is 14.1 Å². The lowest BCUT2D eigenvalue weighted by molar-refractivity contribution is 0.203. The molecule has 1 aliphatic heterocycles. The number of allylic oxidation sites excluding steroid dienone is 1. The van der Waals surface area contributed by atoms with Crippen LogP contribution in [0.15, 0.2) is 89.1 Å². The van der Waals surface area contributed by atoms with Crippen molar-refractivity contribution in [1.29, 1.82) is 0 Å². The standard InChI is InChI=1S/C27H23ClN4O3/c1-17-23(26-30-25(31-35-26)20-11-7-13-22(15-20)34-2)24(19-9-4-3-5-10-19)29-27(33)32(17)16-18-8-6-12-21(28)14-18/h3-15,24H,16H2,1-2H3,(H,29,33). The largest absolute Gasteiger partial charge is 0.497 e. The van der Waals surface area contributed by atoms with Crippen LogP contribution in [0.1, 0.15) is 30.0 Å². The zero-order valence-corrected chi connectivity index (χ0v) is 20.0. The molecule has 35 heavy (non-hydrogen) atoms. The van der Waals surface area contributed by atoms with Crippen LogP contribution in [0.4, 0.5) is 4.79 Å². The molecule has 176 valence electrons. The van der Waals surface area contributed by atoms with Crippen molar-refractivity contribution in [1.82, 2.24) is 20.4 Å². The number of nitrogens with zero attached hydrogens (tertiary/aromatic N) is 3. The van der Waals surface area contributed by atoms with Gasteiger partial charge in [-0.05, 0) is 42.3 Å². The summed E-state index contributed by atoms with van der Waals surface area (Å²) in [7, 11) is 1.61. The van der Waals surface area contributed by atoms with Gasteiger partial charge in [0.2, 0.25) is 5.82 Å². The van der Waals surface area contributed by atoms with Gasteiger partial charge in [0, 0.05) is 16.3 Å². The van der Waals surface area contributed by atoms with Gasteiger partial charge >= 0.3 is 6.03 Å². The zero-order valence-electron chi connectivity index (χ0n) is 19.2. The molecule has 1 unspecified atom stereocenters. The molecule has 1 aliphatic rings. The number of aromatic nitrogens is 2. The fourth-order valence-corrected chi connectivity index (χ4v) is 4.39. The summed E-state index contributed by atoms with van der Waals surface area (Å²) in [5.74, 6) is 1.47. The number of ether oxygens (including phenoxy) is 1. The summed E-state index contributed by atoms with van der Waals surface area (Å²) in [6, 6.07) is 24.0.